The molecule has 0 saturated carbocycles. The third-order valence-corrected chi connectivity index (χ3v) is 7.25. The molecular formula is C31H32ClNO6S. The number of ether oxygens (including phenoxy) is 4. The molecule has 40 heavy (non-hydrogen) atoms. The lowest BCUT2D eigenvalue weighted by Crippen LogP contribution is -2.32. The number of carbonyl (C=O) groups excluding carboxylic acids is 2. The minimum absolute atomic E-state index is 0.0897. The monoisotopic (exact) mass is 581 g/mol. The van der Waals surface area contributed by atoms with Crippen molar-refractivity contribution < 1.29 is 28.5 Å². The van der Waals surface area contributed by atoms with Crippen molar-refractivity contribution in [3.63, 3.8) is 0 Å². The first kappa shape index (κ1) is 29.4. The normalized spacial score (nSPS) is 14.5. The molecule has 1 aliphatic heterocycles. The summed E-state index contributed by atoms with van der Waals surface area (Å²) in [7, 11) is 1.55. The summed E-state index contributed by atoms with van der Waals surface area (Å²) in [5.41, 5.74) is 2.04. The van der Waals surface area contributed by atoms with Gasteiger partial charge >= 0.3 is 0 Å². The zero-order valence-electron chi connectivity index (χ0n) is 22.9. The number of amides is 2. The van der Waals surface area contributed by atoms with Gasteiger partial charge in [-0.3, -0.25) is 14.5 Å². The van der Waals surface area contributed by atoms with Gasteiger partial charge in [-0.15, -0.1) is 0 Å². The molecule has 0 bridgehead atoms. The van der Waals surface area contributed by atoms with E-state index in [-0.39, 0.29) is 29.7 Å². The molecule has 0 aromatic heterocycles. The van der Waals surface area contributed by atoms with Crippen molar-refractivity contribution in [2.24, 2.45) is 0 Å². The van der Waals surface area contributed by atoms with Crippen LogP contribution in [0.15, 0.2) is 71.6 Å². The average molecular weight is 582 g/mol. The second-order valence-corrected chi connectivity index (χ2v) is 11.4. The van der Waals surface area contributed by atoms with Gasteiger partial charge in [0.25, 0.3) is 11.1 Å². The van der Waals surface area contributed by atoms with Crippen LogP contribution in [-0.4, -0.2) is 49.5 Å². The summed E-state index contributed by atoms with van der Waals surface area (Å²) in [5, 5.41) is 0.266. The maximum Gasteiger partial charge on any atom is 0.293 e. The van der Waals surface area contributed by atoms with Crippen molar-refractivity contribution in [1.29, 1.82) is 0 Å². The van der Waals surface area contributed by atoms with Gasteiger partial charge in [-0.05, 0) is 82.9 Å². The van der Waals surface area contributed by atoms with E-state index in [9.17, 15) is 9.59 Å². The largest absolute Gasteiger partial charge is 0.493 e. The Morgan fingerprint density at radius 2 is 1.45 bits per heavy atom. The quantitative estimate of drug-likeness (QED) is 0.175. The Labute approximate surface area is 244 Å². The van der Waals surface area contributed by atoms with Crippen LogP contribution in [-0.2, 0) is 10.2 Å². The molecule has 0 radical (unpaired) electrons. The van der Waals surface area contributed by atoms with Crippen LogP contribution >= 0.6 is 23.4 Å². The summed E-state index contributed by atoms with van der Waals surface area (Å²) in [6.07, 6.45) is 1.67. The maximum atomic E-state index is 12.9. The molecule has 1 heterocycles. The van der Waals surface area contributed by atoms with Crippen molar-refractivity contribution in [1.82, 2.24) is 4.90 Å². The minimum Gasteiger partial charge on any atom is -0.493 e. The third-order valence-electron chi connectivity index (χ3n) is 6.09. The summed E-state index contributed by atoms with van der Waals surface area (Å²) < 4.78 is 22.8. The Kier molecular flexibility index (Phi) is 9.66. The summed E-state index contributed by atoms with van der Waals surface area (Å²) >= 11 is 6.78. The molecule has 1 saturated heterocycles. The summed E-state index contributed by atoms with van der Waals surface area (Å²) in [5.74, 6) is 2.10. The number of benzene rings is 3. The molecule has 0 atom stereocenters. The van der Waals surface area contributed by atoms with Crippen LogP contribution in [0.2, 0.25) is 5.02 Å². The van der Waals surface area contributed by atoms with Crippen LogP contribution in [0, 0.1) is 0 Å². The number of rotatable bonds is 11. The molecule has 1 aliphatic rings. The van der Waals surface area contributed by atoms with Gasteiger partial charge in [0.05, 0.1) is 18.6 Å². The standard InChI is InChI=1S/C31H32ClNO6S/c1-31(2,3)22-6-10-24(11-7-22)38-17-18-39-26-14-5-21(19-27(26)36-4)20-28-29(34)33(30(35)40-28)15-16-37-25-12-8-23(32)9-13-25/h5-14,19-20H,15-18H2,1-4H3/b28-20-. The molecule has 3 aromatic rings. The van der Waals surface area contributed by atoms with E-state index in [0.29, 0.717) is 46.0 Å². The molecule has 9 heteroatoms. The SMILES string of the molecule is COc1cc(/C=C2\SC(=O)N(CCOc3ccc(Cl)cc3)C2=O)ccc1OCCOc1ccc(C(C)(C)C)cc1. The Balaban J connectivity index is 1.30. The highest BCUT2D eigenvalue weighted by molar-refractivity contribution is 8.18. The first-order valence-electron chi connectivity index (χ1n) is 12.8. The molecule has 210 valence electrons. The number of thioether (sulfide) groups is 1. The molecule has 0 N–H and O–H groups in total. The lowest BCUT2D eigenvalue weighted by molar-refractivity contribution is -0.123. The van der Waals surface area contributed by atoms with Gasteiger partial charge in [0.2, 0.25) is 0 Å². The molecule has 3 aromatic carbocycles. The first-order valence-corrected chi connectivity index (χ1v) is 14.0. The number of nitrogens with zero attached hydrogens (tertiary/aromatic N) is 1. The van der Waals surface area contributed by atoms with E-state index >= 15 is 0 Å². The second kappa shape index (κ2) is 13.2. The van der Waals surface area contributed by atoms with Gasteiger partial charge in [-0.2, -0.15) is 0 Å². The van der Waals surface area contributed by atoms with Crippen LogP contribution in [0.4, 0.5) is 4.79 Å². The van der Waals surface area contributed by atoms with E-state index in [1.54, 1.807) is 49.6 Å². The van der Waals surface area contributed by atoms with Gasteiger partial charge in [-0.1, -0.05) is 50.6 Å². The topological polar surface area (TPSA) is 74.3 Å². The Morgan fingerprint density at radius 3 is 2.10 bits per heavy atom. The highest BCUT2D eigenvalue weighted by Crippen LogP contribution is 2.34. The fourth-order valence-corrected chi connectivity index (χ4v) is 4.88. The lowest BCUT2D eigenvalue weighted by Gasteiger charge is -2.19. The molecule has 0 aliphatic carbocycles. The predicted octanol–water partition coefficient (Wildman–Crippen LogP) is 7.22. The number of hydrogen-bond donors (Lipinski definition) is 0. The van der Waals surface area contributed by atoms with Crippen LogP contribution in [0.3, 0.4) is 0 Å². The number of hydrogen-bond acceptors (Lipinski definition) is 7. The van der Waals surface area contributed by atoms with Crippen molar-refractivity contribution in [2.75, 3.05) is 33.5 Å². The minimum atomic E-state index is -0.360. The summed E-state index contributed by atoms with van der Waals surface area (Å²) in [6, 6.07) is 20.3. The smallest absolute Gasteiger partial charge is 0.293 e. The number of imide groups is 1. The summed E-state index contributed by atoms with van der Waals surface area (Å²) in [4.78, 5) is 26.8. The highest BCUT2D eigenvalue weighted by Gasteiger charge is 2.34. The fraction of sp³-hybridized carbons (Fsp3) is 0.290. The van der Waals surface area contributed by atoms with E-state index in [0.717, 1.165) is 17.5 Å². The van der Waals surface area contributed by atoms with Crippen LogP contribution in [0.25, 0.3) is 6.08 Å². The number of methoxy groups -OCH3 is 1. The second-order valence-electron chi connectivity index (χ2n) is 10.0. The van der Waals surface area contributed by atoms with Crippen LogP contribution in [0.5, 0.6) is 23.0 Å². The average Bonchev–Trinajstić information content (AvgIpc) is 3.19. The van der Waals surface area contributed by atoms with Gasteiger partial charge in [0.1, 0.15) is 31.3 Å². The van der Waals surface area contributed by atoms with E-state index in [2.05, 4.69) is 32.9 Å². The zero-order chi connectivity index (χ0) is 28.7. The van der Waals surface area contributed by atoms with Gasteiger partial charge in [0, 0.05) is 5.02 Å². The van der Waals surface area contributed by atoms with E-state index in [1.165, 1.54) is 10.5 Å². The molecule has 1 fully saturated rings. The van der Waals surface area contributed by atoms with E-state index in [1.807, 2.05) is 18.2 Å². The Bertz CT molecular complexity index is 1370. The Hall–Kier alpha value is -3.62. The zero-order valence-corrected chi connectivity index (χ0v) is 24.5. The lowest BCUT2D eigenvalue weighted by atomic mass is 9.87. The van der Waals surface area contributed by atoms with Crippen molar-refractivity contribution >= 4 is 40.6 Å². The van der Waals surface area contributed by atoms with E-state index in [4.69, 9.17) is 30.5 Å². The number of carbonyl (C=O) groups is 2. The van der Waals surface area contributed by atoms with Gasteiger partial charge in [0.15, 0.2) is 11.5 Å². The molecule has 0 unspecified atom stereocenters. The highest BCUT2D eigenvalue weighted by atomic mass is 35.5. The van der Waals surface area contributed by atoms with Crippen molar-refractivity contribution in [2.45, 2.75) is 26.2 Å². The van der Waals surface area contributed by atoms with Crippen LogP contribution in [0.1, 0.15) is 31.9 Å². The molecule has 4 rings (SSSR count). The molecule has 2 amide bonds. The van der Waals surface area contributed by atoms with Gasteiger partial charge in [-0.25, -0.2) is 0 Å². The van der Waals surface area contributed by atoms with Crippen molar-refractivity contribution in [3.05, 3.63) is 87.8 Å². The van der Waals surface area contributed by atoms with Crippen LogP contribution < -0.4 is 18.9 Å². The summed E-state index contributed by atoms with van der Waals surface area (Å²) in [6.45, 7) is 7.54. The Morgan fingerprint density at radius 1 is 0.825 bits per heavy atom. The molecular weight excluding hydrogens is 550 g/mol. The predicted molar refractivity (Wildman–Crippen MR) is 159 cm³/mol. The van der Waals surface area contributed by atoms with Gasteiger partial charge < -0.3 is 18.9 Å². The van der Waals surface area contributed by atoms with E-state index < -0.39 is 0 Å². The van der Waals surface area contributed by atoms with Crippen molar-refractivity contribution in [3.8, 4) is 23.0 Å². The third kappa shape index (κ3) is 7.73. The first-order chi connectivity index (χ1) is 19.1. The maximum absolute atomic E-state index is 12.9. The fourth-order valence-electron chi connectivity index (χ4n) is 3.89. The number of halogens is 1. The molecule has 0 spiro atoms. The molecule has 7 nitrogen and oxygen atoms in total.